The lowest BCUT2D eigenvalue weighted by Gasteiger charge is -2.11. The third-order valence-corrected chi connectivity index (χ3v) is 3.97. The smallest absolute Gasteiger partial charge is 0.339 e. The van der Waals surface area contributed by atoms with Gasteiger partial charge in [-0.25, -0.2) is 4.79 Å². The van der Waals surface area contributed by atoms with Crippen LogP contribution in [0.15, 0.2) is 42.5 Å². The van der Waals surface area contributed by atoms with Gasteiger partial charge in [0, 0.05) is 12.2 Å². The number of esters is 1. The molecule has 0 aromatic heterocycles. The highest BCUT2D eigenvalue weighted by molar-refractivity contribution is 5.95. The first kappa shape index (κ1) is 17.9. The van der Waals surface area contributed by atoms with Crippen LogP contribution in [-0.4, -0.2) is 26.2 Å². The number of aryl methyl sites for hydroxylation is 2. The molecule has 0 fully saturated rings. The Hall–Kier alpha value is -2.49. The Bertz CT molecular complexity index is 682. The van der Waals surface area contributed by atoms with Crippen molar-refractivity contribution in [3.63, 3.8) is 0 Å². The highest BCUT2D eigenvalue weighted by atomic mass is 16.5. The number of hydrogen-bond donors (Lipinski definition) is 1. The van der Waals surface area contributed by atoms with Gasteiger partial charge in [-0.2, -0.15) is 0 Å². The molecule has 2 rings (SSSR count). The Morgan fingerprint density at radius 3 is 2.58 bits per heavy atom. The van der Waals surface area contributed by atoms with Gasteiger partial charge in [0.1, 0.15) is 5.75 Å². The molecule has 0 heterocycles. The van der Waals surface area contributed by atoms with E-state index in [-0.39, 0.29) is 5.97 Å². The van der Waals surface area contributed by atoms with E-state index in [1.54, 1.807) is 6.07 Å². The number of carbonyl (C=O) groups is 1. The molecule has 24 heavy (non-hydrogen) atoms. The van der Waals surface area contributed by atoms with E-state index >= 15 is 0 Å². The van der Waals surface area contributed by atoms with Crippen molar-refractivity contribution in [3.8, 4) is 5.75 Å². The largest absolute Gasteiger partial charge is 0.494 e. The summed E-state index contributed by atoms with van der Waals surface area (Å²) in [7, 11) is 1.39. The molecule has 0 bridgehead atoms. The summed E-state index contributed by atoms with van der Waals surface area (Å²) < 4.78 is 10.6. The Kier molecular flexibility index (Phi) is 6.67. The summed E-state index contributed by atoms with van der Waals surface area (Å²) in [5, 5.41) is 3.29. The number of rotatable bonds is 8. The average molecular weight is 327 g/mol. The molecule has 0 atom stereocenters. The summed E-state index contributed by atoms with van der Waals surface area (Å²) in [6.07, 6.45) is 1.90. The molecule has 0 unspecified atom stereocenters. The maximum atomic E-state index is 11.7. The van der Waals surface area contributed by atoms with E-state index in [1.165, 1.54) is 18.2 Å². The van der Waals surface area contributed by atoms with Crippen LogP contribution in [0, 0.1) is 13.8 Å². The predicted molar refractivity (Wildman–Crippen MR) is 96.9 cm³/mol. The number of unbranched alkanes of at least 4 members (excludes halogenated alkanes) is 1. The Morgan fingerprint density at radius 1 is 1.04 bits per heavy atom. The Balaban J connectivity index is 1.72. The van der Waals surface area contributed by atoms with Crippen LogP contribution in [0.3, 0.4) is 0 Å². The highest BCUT2D eigenvalue weighted by Crippen LogP contribution is 2.17. The summed E-state index contributed by atoms with van der Waals surface area (Å²) in [5.41, 5.74) is 3.88. The van der Waals surface area contributed by atoms with Crippen LogP contribution in [-0.2, 0) is 4.74 Å². The van der Waals surface area contributed by atoms with E-state index < -0.39 is 0 Å². The summed E-state index contributed by atoms with van der Waals surface area (Å²) in [6.45, 7) is 5.65. The van der Waals surface area contributed by atoms with Crippen molar-refractivity contribution in [3.05, 3.63) is 59.2 Å². The number of anilines is 1. The molecule has 4 heteroatoms. The maximum Gasteiger partial charge on any atom is 0.339 e. The molecule has 0 aliphatic heterocycles. The molecular formula is C20H25NO3. The summed E-state index contributed by atoms with van der Waals surface area (Å²) >= 11 is 0. The monoisotopic (exact) mass is 327 g/mol. The quantitative estimate of drug-likeness (QED) is 0.578. The number of ether oxygens (including phenoxy) is 2. The zero-order valence-corrected chi connectivity index (χ0v) is 14.6. The number of methoxy groups -OCH3 is 1. The first-order chi connectivity index (χ1) is 11.6. The van der Waals surface area contributed by atoms with Crippen molar-refractivity contribution >= 4 is 11.7 Å². The lowest BCUT2D eigenvalue weighted by atomic mass is 10.1. The number of hydrogen-bond acceptors (Lipinski definition) is 4. The second-order valence-electron chi connectivity index (χ2n) is 5.77. The van der Waals surface area contributed by atoms with Crippen LogP contribution >= 0.6 is 0 Å². The minimum atomic E-state index is -0.323. The van der Waals surface area contributed by atoms with Gasteiger partial charge in [-0.1, -0.05) is 18.2 Å². The fraction of sp³-hybridized carbons (Fsp3) is 0.350. The van der Waals surface area contributed by atoms with Crippen molar-refractivity contribution < 1.29 is 14.3 Å². The van der Waals surface area contributed by atoms with Crippen molar-refractivity contribution in [1.82, 2.24) is 0 Å². The molecule has 128 valence electrons. The lowest BCUT2D eigenvalue weighted by molar-refractivity contribution is 0.0602. The van der Waals surface area contributed by atoms with Crippen LogP contribution in [0.4, 0.5) is 5.69 Å². The van der Waals surface area contributed by atoms with E-state index in [0.29, 0.717) is 12.2 Å². The van der Waals surface area contributed by atoms with E-state index in [1.807, 2.05) is 24.3 Å². The van der Waals surface area contributed by atoms with Gasteiger partial charge in [-0.05, 0) is 62.1 Å². The second-order valence-corrected chi connectivity index (χ2v) is 5.77. The zero-order chi connectivity index (χ0) is 17.4. The van der Waals surface area contributed by atoms with Gasteiger partial charge >= 0.3 is 5.97 Å². The molecule has 0 saturated carbocycles. The Labute approximate surface area is 143 Å². The minimum absolute atomic E-state index is 0.323. The molecule has 2 aromatic rings. The molecule has 0 aliphatic carbocycles. The zero-order valence-electron chi connectivity index (χ0n) is 14.6. The Morgan fingerprint density at radius 2 is 1.83 bits per heavy atom. The summed E-state index contributed by atoms with van der Waals surface area (Å²) in [4.78, 5) is 11.7. The average Bonchev–Trinajstić information content (AvgIpc) is 2.60. The molecule has 2 aromatic carbocycles. The van der Waals surface area contributed by atoms with E-state index in [9.17, 15) is 4.79 Å². The van der Waals surface area contributed by atoms with Crippen molar-refractivity contribution in [2.75, 3.05) is 25.6 Å². The molecule has 0 saturated heterocycles. The van der Waals surface area contributed by atoms with Crippen LogP contribution in [0.5, 0.6) is 5.75 Å². The normalized spacial score (nSPS) is 10.3. The first-order valence-corrected chi connectivity index (χ1v) is 8.23. The molecule has 1 N–H and O–H groups in total. The fourth-order valence-electron chi connectivity index (χ4n) is 2.37. The van der Waals surface area contributed by atoms with Gasteiger partial charge in [0.2, 0.25) is 0 Å². The maximum absolute atomic E-state index is 11.7. The fourth-order valence-corrected chi connectivity index (χ4v) is 2.37. The van der Waals surface area contributed by atoms with Gasteiger partial charge in [0.25, 0.3) is 0 Å². The lowest BCUT2D eigenvalue weighted by Crippen LogP contribution is -2.10. The molecule has 0 spiro atoms. The van der Waals surface area contributed by atoms with Crippen LogP contribution < -0.4 is 10.1 Å². The van der Waals surface area contributed by atoms with Crippen molar-refractivity contribution in [1.29, 1.82) is 0 Å². The highest BCUT2D eigenvalue weighted by Gasteiger charge is 2.09. The van der Waals surface area contributed by atoms with Gasteiger partial charge in [-0.3, -0.25) is 0 Å². The van der Waals surface area contributed by atoms with Gasteiger partial charge in [-0.15, -0.1) is 0 Å². The van der Waals surface area contributed by atoms with Gasteiger partial charge in [0.15, 0.2) is 0 Å². The molecule has 0 aliphatic rings. The predicted octanol–water partition coefficient (Wildman–Crippen LogP) is 4.36. The first-order valence-electron chi connectivity index (χ1n) is 8.23. The third-order valence-electron chi connectivity index (χ3n) is 3.97. The third kappa shape index (κ3) is 5.01. The van der Waals surface area contributed by atoms with Crippen LogP contribution in [0.1, 0.15) is 34.3 Å². The standard InChI is InChI=1S/C20H25NO3/c1-15-10-11-17(14-16(15)2)24-13-7-6-12-21-19-9-5-4-8-18(19)20(22)23-3/h4-5,8-11,14,21H,6-7,12-13H2,1-3H3. The van der Waals surface area contributed by atoms with Crippen LogP contribution in [0.2, 0.25) is 0 Å². The van der Waals surface area contributed by atoms with Crippen molar-refractivity contribution in [2.24, 2.45) is 0 Å². The molecular weight excluding hydrogens is 302 g/mol. The minimum Gasteiger partial charge on any atom is -0.494 e. The molecule has 0 amide bonds. The number of benzene rings is 2. The van der Waals surface area contributed by atoms with Gasteiger partial charge in [0.05, 0.1) is 19.3 Å². The van der Waals surface area contributed by atoms with Crippen LogP contribution in [0.25, 0.3) is 0 Å². The van der Waals surface area contributed by atoms with E-state index in [2.05, 4.69) is 31.3 Å². The van der Waals surface area contributed by atoms with Gasteiger partial charge < -0.3 is 14.8 Å². The van der Waals surface area contributed by atoms with E-state index in [4.69, 9.17) is 9.47 Å². The SMILES string of the molecule is COC(=O)c1ccccc1NCCCCOc1ccc(C)c(C)c1. The second kappa shape index (κ2) is 8.96. The molecule has 4 nitrogen and oxygen atoms in total. The number of carbonyl (C=O) groups excluding carboxylic acids is 1. The van der Waals surface area contributed by atoms with E-state index in [0.717, 1.165) is 30.8 Å². The number of nitrogens with one attached hydrogen (secondary N) is 1. The summed E-state index contributed by atoms with van der Waals surface area (Å²) in [5.74, 6) is 0.596. The topological polar surface area (TPSA) is 47.6 Å². The molecule has 0 radical (unpaired) electrons. The van der Waals surface area contributed by atoms with Crippen molar-refractivity contribution in [2.45, 2.75) is 26.7 Å². The number of para-hydroxylation sites is 1. The summed E-state index contributed by atoms with van der Waals surface area (Å²) in [6, 6.07) is 13.5.